The van der Waals surface area contributed by atoms with E-state index in [9.17, 15) is 8.42 Å². The standard InChI is InChI=1S/C6H14N2O2S/c1-2-6-5-7-3-4-8(6)11(9)10/h6-7,11H,2-5H2,1H3. The summed E-state index contributed by atoms with van der Waals surface area (Å²) in [5, 5.41) is 3.16. The second-order valence-corrected chi connectivity index (χ2v) is 3.66. The normalized spacial score (nSPS) is 27.6. The minimum atomic E-state index is -2.37. The monoisotopic (exact) mass is 178 g/mol. The van der Waals surface area contributed by atoms with Gasteiger partial charge in [0.1, 0.15) is 0 Å². The first-order chi connectivity index (χ1) is 5.25. The Bertz CT molecular complexity index is 185. The summed E-state index contributed by atoms with van der Waals surface area (Å²) in [5.74, 6) is 0. The minimum absolute atomic E-state index is 0.171. The number of piperazine rings is 1. The van der Waals surface area contributed by atoms with Crippen LogP contribution in [0.25, 0.3) is 0 Å². The van der Waals surface area contributed by atoms with Gasteiger partial charge in [0.25, 0.3) is 0 Å². The first-order valence-corrected chi connectivity index (χ1v) is 5.00. The molecule has 0 aliphatic carbocycles. The van der Waals surface area contributed by atoms with Gasteiger partial charge in [-0.1, -0.05) is 6.92 Å². The van der Waals surface area contributed by atoms with Crippen LogP contribution < -0.4 is 5.32 Å². The molecule has 11 heavy (non-hydrogen) atoms. The van der Waals surface area contributed by atoms with Gasteiger partial charge in [-0.2, -0.15) is 4.31 Å². The Morgan fingerprint density at radius 3 is 2.82 bits per heavy atom. The van der Waals surface area contributed by atoms with E-state index in [4.69, 9.17) is 0 Å². The molecule has 1 saturated heterocycles. The Morgan fingerprint density at radius 1 is 1.64 bits per heavy atom. The lowest BCUT2D eigenvalue weighted by molar-refractivity contribution is 0.268. The lowest BCUT2D eigenvalue weighted by Crippen LogP contribution is -2.49. The molecule has 1 heterocycles. The first-order valence-electron chi connectivity index (χ1n) is 3.87. The molecule has 0 aromatic heterocycles. The van der Waals surface area contributed by atoms with Gasteiger partial charge in [-0.05, 0) is 6.42 Å². The van der Waals surface area contributed by atoms with Crippen LogP contribution in [-0.2, 0) is 10.9 Å². The smallest absolute Gasteiger partial charge is 0.204 e. The Labute approximate surface area is 68.7 Å². The zero-order valence-electron chi connectivity index (χ0n) is 6.62. The molecule has 0 saturated carbocycles. The van der Waals surface area contributed by atoms with E-state index < -0.39 is 10.9 Å². The van der Waals surface area contributed by atoms with Crippen molar-refractivity contribution >= 4 is 10.9 Å². The summed E-state index contributed by atoms with van der Waals surface area (Å²) in [6, 6.07) is 0.171. The summed E-state index contributed by atoms with van der Waals surface area (Å²) in [6.07, 6.45) is 0.885. The molecule has 0 radical (unpaired) electrons. The zero-order chi connectivity index (χ0) is 8.27. The van der Waals surface area contributed by atoms with Crippen LogP contribution in [0.1, 0.15) is 13.3 Å². The highest BCUT2D eigenvalue weighted by Gasteiger charge is 2.21. The maximum atomic E-state index is 10.7. The molecule has 0 spiro atoms. The van der Waals surface area contributed by atoms with Crippen molar-refractivity contribution in [2.75, 3.05) is 19.6 Å². The Hall–Kier alpha value is -0.130. The van der Waals surface area contributed by atoms with Gasteiger partial charge in [0.15, 0.2) is 0 Å². The Balaban J connectivity index is 2.58. The maximum Gasteiger partial charge on any atom is 0.204 e. The van der Waals surface area contributed by atoms with Gasteiger partial charge in [-0.25, -0.2) is 8.42 Å². The molecule has 0 bridgehead atoms. The van der Waals surface area contributed by atoms with E-state index in [1.54, 1.807) is 4.31 Å². The van der Waals surface area contributed by atoms with Crippen LogP contribution in [0.3, 0.4) is 0 Å². The lowest BCUT2D eigenvalue weighted by atomic mass is 10.2. The van der Waals surface area contributed by atoms with Crippen LogP contribution in [0.5, 0.6) is 0 Å². The largest absolute Gasteiger partial charge is 0.314 e. The van der Waals surface area contributed by atoms with Crippen molar-refractivity contribution in [2.45, 2.75) is 19.4 Å². The van der Waals surface area contributed by atoms with Gasteiger partial charge < -0.3 is 5.32 Å². The summed E-state index contributed by atoms with van der Waals surface area (Å²) in [7, 11) is -2.37. The van der Waals surface area contributed by atoms with E-state index in [-0.39, 0.29) is 6.04 Å². The number of hydrogen-bond donors (Lipinski definition) is 2. The molecule has 1 rings (SSSR count). The number of hydrogen-bond acceptors (Lipinski definition) is 3. The van der Waals surface area contributed by atoms with Crippen molar-refractivity contribution in [3.63, 3.8) is 0 Å². The quantitative estimate of drug-likeness (QED) is 0.544. The highest BCUT2D eigenvalue weighted by Crippen LogP contribution is 2.05. The van der Waals surface area contributed by atoms with E-state index in [0.29, 0.717) is 6.54 Å². The molecule has 66 valence electrons. The van der Waals surface area contributed by atoms with Crippen LogP contribution in [-0.4, -0.2) is 38.4 Å². The van der Waals surface area contributed by atoms with Crippen LogP contribution >= 0.6 is 0 Å². The molecule has 0 aromatic carbocycles. The van der Waals surface area contributed by atoms with E-state index in [1.807, 2.05) is 6.92 Å². The van der Waals surface area contributed by atoms with Crippen molar-refractivity contribution in [1.82, 2.24) is 9.62 Å². The third kappa shape index (κ3) is 2.15. The van der Waals surface area contributed by atoms with Crippen molar-refractivity contribution < 1.29 is 8.42 Å². The van der Waals surface area contributed by atoms with Gasteiger partial charge in [-0.3, -0.25) is 0 Å². The second-order valence-electron chi connectivity index (χ2n) is 2.67. The molecule has 4 nitrogen and oxygen atoms in total. The average Bonchev–Trinajstić information content (AvgIpc) is 2.04. The minimum Gasteiger partial charge on any atom is -0.314 e. The van der Waals surface area contributed by atoms with Gasteiger partial charge in [-0.15, -0.1) is 0 Å². The molecule has 1 fully saturated rings. The van der Waals surface area contributed by atoms with Crippen LogP contribution in [0.15, 0.2) is 0 Å². The highest BCUT2D eigenvalue weighted by atomic mass is 32.2. The van der Waals surface area contributed by atoms with Gasteiger partial charge >= 0.3 is 0 Å². The van der Waals surface area contributed by atoms with E-state index in [0.717, 1.165) is 19.5 Å². The average molecular weight is 178 g/mol. The number of thiol groups is 1. The van der Waals surface area contributed by atoms with Crippen molar-refractivity contribution in [2.24, 2.45) is 0 Å². The fourth-order valence-electron chi connectivity index (χ4n) is 1.32. The molecule has 0 aromatic rings. The molecule has 1 unspecified atom stereocenters. The Kier molecular flexibility index (Phi) is 3.29. The van der Waals surface area contributed by atoms with Crippen molar-refractivity contribution in [1.29, 1.82) is 0 Å². The maximum absolute atomic E-state index is 10.7. The number of rotatable bonds is 2. The fourth-order valence-corrected chi connectivity index (χ4v) is 2.10. The molecular formula is C6H14N2O2S. The third-order valence-electron chi connectivity index (χ3n) is 2.00. The van der Waals surface area contributed by atoms with Gasteiger partial charge in [0.05, 0.1) is 0 Å². The third-order valence-corrected chi connectivity index (χ3v) is 2.95. The van der Waals surface area contributed by atoms with Gasteiger partial charge in [0, 0.05) is 25.7 Å². The predicted octanol–water partition coefficient (Wildman–Crippen LogP) is -0.803. The van der Waals surface area contributed by atoms with Gasteiger partial charge in [0.2, 0.25) is 10.9 Å². The highest BCUT2D eigenvalue weighted by molar-refractivity contribution is 7.69. The molecule has 0 amide bonds. The summed E-state index contributed by atoms with van der Waals surface area (Å²) in [6.45, 7) is 4.19. The SMILES string of the molecule is CCC1CNCCN1[SH](=O)=O. The van der Waals surface area contributed by atoms with Crippen LogP contribution in [0.4, 0.5) is 0 Å². The second kappa shape index (κ2) is 4.04. The van der Waals surface area contributed by atoms with Crippen LogP contribution in [0, 0.1) is 0 Å². The lowest BCUT2D eigenvalue weighted by Gasteiger charge is -2.30. The number of nitrogens with zero attached hydrogens (tertiary/aromatic N) is 1. The summed E-state index contributed by atoms with van der Waals surface area (Å²) >= 11 is 0. The zero-order valence-corrected chi connectivity index (χ0v) is 7.51. The van der Waals surface area contributed by atoms with Crippen molar-refractivity contribution in [3.05, 3.63) is 0 Å². The molecule has 1 atom stereocenters. The summed E-state index contributed by atoms with van der Waals surface area (Å²) in [4.78, 5) is 0. The molecule has 5 heteroatoms. The summed E-state index contributed by atoms with van der Waals surface area (Å²) in [5.41, 5.74) is 0. The van der Waals surface area contributed by atoms with Crippen molar-refractivity contribution in [3.8, 4) is 0 Å². The van der Waals surface area contributed by atoms with E-state index in [1.165, 1.54) is 0 Å². The first kappa shape index (κ1) is 8.96. The molecule has 1 aliphatic heterocycles. The molecule has 1 aliphatic rings. The number of nitrogens with one attached hydrogen (secondary N) is 1. The Morgan fingerprint density at radius 2 is 2.36 bits per heavy atom. The van der Waals surface area contributed by atoms with E-state index >= 15 is 0 Å². The predicted molar refractivity (Wildman–Crippen MR) is 44.0 cm³/mol. The van der Waals surface area contributed by atoms with Crippen LogP contribution in [0.2, 0.25) is 0 Å². The fraction of sp³-hybridized carbons (Fsp3) is 1.00. The molecular weight excluding hydrogens is 164 g/mol. The molecule has 1 N–H and O–H groups in total. The topological polar surface area (TPSA) is 49.4 Å². The van der Waals surface area contributed by atoms with E-state index in [2.05, 4.69) is 5.32 Å². The summed E-state index contributed by atoms with van der Waals surface area (Å²) < 4.78 is 22.9.